The first-order valence-corrected chi connectivity index (χ1v) is 9.88. The van der Waals surface area contributed by atoms with Crippen LogP contribution in [0.1, 0.15) is 17.5 Å². The molecule has 1 aromatic carbocycles. The smallest absolute Gasteiger partial charge is 0.397 e. The second-order valence-corrected chi connectivity index (χ2v) is 8.23. The lowest BCUT2D eigenvalue weighted by Gasteiger charge is -2.03. The number of amides is 1. The Morgan fingerprint density at radius 1 is 1.20 bits per heavy atom. The molecule has 0 aliphatic rings. The summed E-state index contributed by atoms with van der Waals surface area (Å²) in [6.45, 7) is 3.55. The van der Waals surface area contributed by atoms with Gasteiger partial charge < -0.3 is 4.74 Å². The van der Waals surface area contributed by atoms with Crippen LogP contribution >= 0.6 is 11.3 Å². The molecule has 1 aromatic heterocycles. The Morgan fingerprint density at radius 3 is 2.52 bits per heavy atom. The molecule has 0 radical (unpaired) electrons. The van der Waals surface area contributed by atoms with Gasteiger partial charge in [-0.2, -0.15) is 0 Å². The van der Waals surface area contributed by atoms with Crippen molar-refractivity contribution in [3.8, 4) is 0 Å². The molecule has 1 amide bonds. The van der Waals surface area contributed by atoms with Crippen molar-refractivity contribution < 1.29 is 22.7 Å². The fourth-order valence-electron chi connectivity index (χ4n) is 1.84. The fraction of sp³-hybridized carbons (Fsp3) is 0.333. The van der Waals surface area contributed by atoms with Crippen molar-refractivity contribution in [1.82, 2.24) is 10.2 Å². The highest BCUT2D eigenvalue weighted by Gasteiger charge is 2.19. The third-order valence-corrected chi connectivity index (χ3v) is 5.74. The highest BCUT2D eigenvalue weighted by atomic mass is 32.2. The van der Waals surface area contributed by atoms with E-state index in [4.69, 9.17) is 0 Å². The number of carbonyl (C=O) groups is 2. The maximum Gasteiger partial charge on any atom is 0.397 e. The Kier molecular flexibility index (Phi) is 6.21. The van der Waals surface area contributed by atoms with Crippen LogP contribution in [0.5, 0.6) is 0 Å². The van der Waals surface area contributed by atoms with Crippen molar-refractivity contribution in [1.29, 1.82) is 0 Å². The van der Waals surface area contributed by atoms with E-state index in [1.165, 1.54) is 0 Å². The first-order valence-electron chi connectivity index (χ1n) is 7.41. The minimum absolute atomic E-state index is 0.0878. The van der Waals surface area contributed by atoms with E-state index in [0.717, 1.165) is 16.9 Å². The van der Waals surface area contributed by atoms with Crippen LogP contribution in [0.3, 0.4) is 0 Å². The molecule has 0 spiro atoms. The maximum absolute atomic E-state index is 12.3. The quantitative estimate of drug-likeness (QED) is 0.591. The largest absolute Gasteiger partial charge is 0.459 e. The molecular weight excluding hydrogens is 366 g/mol. The summed E-state index contributed by atoms with van der Waals surface area (Å²) in [5, 5.41) is 10.4. The predicted octanol–water partition coefficient (Wildman–Crippen LogP) is 1.36. The van der Waals surface area contributed by atoms with E-state index < -0.39 is 21.7 Å². The normalized spacial score (nSPS) is 11.1. The lowest BCUT2D eigenvalue weighted by Crippen LogP contribution is -2.24. The van der Waals surface area contributed by atoms with E-state index in [-0.39, 0.29) is 28.8 Å². The van der Waals surface area contributed by atoms with Gasteiger partial charge in [-0.05, 0) is 26.0 Å². The van der Waals surface area contributed by atoms with Crippen LogP contribution in [-0.4, -0.2) is 42.9 Å². The summed E-state index contributed by atoms with van der Waals surface area (Å²) in [5.41, 5.74) is 0.977. The number of esters is 1. The summed E-state index contributed by atoms with van der Waals surface area (Å²) in [6.07, 6.45) is 0.156. The molecule has 2 aromatic rings. The van der Waals surface area contributed by atoms with Gasteiger partial charge in [0, 0.05) is 6.42 Å². The fourth-order valence-corrected chi connectivity index (χ4v) is 3.95. The Hall–Kier alpha value is -2.33. The van der Waals surface area contributed by atoms with Gasteiger partial charge in [0.05, 0.1) is 17.3 Å². The summed E-state index contributed by atoms with van der Waals surface area (Å²) in [6, 6.07) is 6.60. The van der Waals surface area contributed by atoms with Crippen LogP contribution in [0, 0.1) is 6.92 Å². The van der Waals surface area contributed by atoms with Crippen molar-refractivity contribution in [2.24, 2.45) is 0 Å². The molecular formula is C15H17N3O5S2. The number of ether oxygens (including phenoxy) is 1. The number of benzene rings is 1. The first-order chi connectivity index (χ1) is 11.8. The number of aromatic nitrogens is 2. The second-order valence-electron chi connectivity index (χ2n) is 5.06. The van der Waals surface area contributed by atoms with Gasteiger partial charge in [-0.15, -0.1) is 10.2 Å². The molecule has 1 N–H and O–H groups in total. The van der Waals surface area contributed by atoms with Gasteiger partial charge in [-0.25, -0.2) is 13.2 Å². The van der Waals surface area contributed by atoms with Crippen molar-refractivity contribution in [2.45, 2.75) is 25.2 Å². The maximum atomic E-state index is 12.3. The topological polar surface area (TPSA) is 115 Å². The van der Waals surface area contributed by atoms with Crippen molar-refractivity contribution in [3.05, 3.63) is 34.8 Å². The average molecular weight is 383 g/mol. The molecule has 1 heterocycles. The van der Waals surface area contributed by atoms with E-state index >= 15 is 0 Å². The summed E-state index contributed by atoms with van der Waals surface area (Å²) >= 11 is 1.01. The van der Waals surface area contributed by atoms with Crippen LogP contribution < -0.4 is 5.32 Å². The van der Waals surface area contributed by atoms with Gasteiger partial charge in [-0.1, -0.05) is 29.0 Å². The molecule has 134 valence electrons. The molecule has 0 aliphatic carbocycles. The van der Waals surface area contributed by atoms with Crippen molar-refractivity contribution in [2.75, 3.05) is 17.7 Å². The summed E-state index contributed by atoms with van der Waals surface area (Å²) in [5.74, 6) is -2.09. The van der Waals surface area contributed by atoms with Crippen molar-refractivity contribution >= 4 is 38.2 Å². The SMILES string of the molecule is CCOC(=O)C(=O)Nc1nnc(CCS(=O)(=O)c2ccc(C)cc2)s1. The molecule has 2 rings (SSSR count). The number of anilines is 1. The second kappa shape index (κ2) is 8.17. The van der Waals surface area contributed by atoms with Crippen LogP contribution in [0.25, 0.3) is 0 Å². The van der Waals surface area contributed by atoms with Crippen LogP contribution in [0.2, 0.25) is 0 Å². The molecule has 0 fully saturated rings. The van der Waals surface area contributed by atoms with Gasteiger partial charge >= 0.3 is 11.9 Å². The molecule has 0 saturated carbocycles. The number of sulfone groups is 1. The predicted molar refractivity (Wildman–Crippen MR) is 92.1 cm³/mol. The van der Waals surface area contributed by atoms with Gasteiger partial charge in [0.2, 0.25) is 5.13 Å². The monoisotopic (exact) mass is 383 g/mol. The Bertz CT molecular complexity index is 860. The number of aryl methyl sites for hydroxylation is 2. The van der Waals surface area contributed by atoms with E-state index in [9.17, 15) is 18.0 Å². The van der Waals surface area contributed by atoms with Gasteiger partial charge in [-0.3, -0.25) is 10.1 Å². The summed E-state index contributed by atoms with van der Waals surface area (Å²) in [7, 11) is -3.43. The zero-order chi connectivity index (χ0) is 18.4. The number of rotatable bonds is 6. The molecule has 0 atom stereocenters. The Balaban J connectivity index is 1.96. The van der Waals surface area contributed by atoms with E-state index in [2.05, 4.69) is 20.3 Å². The number of nitrogens with one attached hydrogen (secondary N) is 1. The molecule has 0 bridgehead atoms. The molecule has 8 nitrogen and oxygen atoms in total. The van der Waals surface area contributed by atoms with Crippen LogP contribution in [-0.2, 0) is 30.6 Å². The number of nitrogens with zero attached hydrogens (tertiary/aromatic N) is 2. The van der Waals surface area contributed by atoms with E-state index in [0.29, 0.717) is 5.01 Å². The standard InChI is InChI=1S/C15H17N3O5S2/c1-3-23-14(20)13(19)16-15-18-17-12(24-15)8-9-25(21,22)11-6-4-10(2)5-7-11/h4-7H,3,8-9H2,1-2H3,(H,16,18,19). The molecule has 0 unspecified atom stereocenters. The molecule has 10 heteroatoms. The van der Waals surface area contributed by atoms with Crippen LogP contribution in [0.15, 0.2) is 29.2 Å². The Morgan fingerprint density at radius 2 is 1.88 bits per heavy atom. The molecule has 0 aliphatic heterocycles. The number of hydrogen-bond donors (Lipinski definition) is 1. The number of carbonyl (C=O) groups excluding carboxylic acids is 2. The minimum Gasteiger partial charge on any atom is -0.459 e. The highest BCUT2D eigenvalue weighted by molar-refractivity contribution is 7.91. The molecule has 0 saturated heterocycles. The van der Waals surface area contributed by atoms with Gasteiger partial charge in [0.15, 0.2) is 9.84 Å². The molecule has 25 heavy (non-hydrogen) atoms. The third-order valence-electron chi connectivity index (χ3n) is 3.11. The van der Waals surface area contributed by atoms with Crippen molar-refractivity contribution in [3.63, 3.8) is 0 Å². The highest BCUT2D eigenvalue weighted by Crippen LogP contribution is 2.18. The van der Waals surface area contributed by atoms with Gasteiger partial charge in [0.25, 0.3) is 0 Å². The first kappa shape index (κ1) is 19.0. The lowest BCUT2D eigenvalue weighted by atomic mass is 10.2. The van der Waals surface area contributed by atoms with E-state index in [1.54, 1.807) is 31.2 Å². The Labute approximate surface area is 149 Å². The lowest BCUT2D eigenvalue weighted by molar-refractivity contribution is -0.152. The summed E-state index contributed by atoms with van der Waals surface area (Å²) < 4.78 is 29.1. The van der Waals surface area contributed by atoms with Gasteiger partial charge in [0.1, 0.15) is 5.01 Å². The zero-order valence-electron chi connectivity index (χ0n) is 13.7. The summed E-state index contributed by atoms with van der Waals surface area (Å²) in [4.78, 5) is 23.0. The minimum atomic E-state index is -3.43. The average Bonchev–Trinajstić information content (AvgIpc) is 3.01. The van der Waals surface area contributed by atoms with E-state index in [1.807, 2.05) is 6.92 Å². The number of hydrogen-bond acceptors (Lipinski definition) is 8. The zero-order valence-corrected chi connectivity index (χ0v) is 15.3. The van der Waals surface area contributed by atoms with Crippen LogP contribution in [0.4, 0.5) is 5.13 Å². The third kappa shape index (κ3) is 5.33.